The van der Waals surface area contributed by atoms with Crippen molar-refractivity contribution >= 4 is 17.2 Å². The Morgan fingerprint density at radius 3 is 2.60 bits per heavy atom. The molecule has 0 radical (unpaired) electrons. The molecule has 0 unspecified atom stereocenters. The third-order valence-electron chi connectivity index (χ3n) is 4.26. The number of carbonyl (C=O) groups is 1. The molecule has 2 aromatic rings. The Morgan fingerprint density at radius 1 is 1.24 bits per heavy atom. The second-order valence-corrected chi connectivity index (χ2v) is 6.93. The van der Waals surface area contributed by atoms with E-state index < -0.39 is 5.54 Å². The maximum atomic E-state index is 12.4. The molecule has 0 heterocycles. The van der Waals surface area contributed by atoms with Crippen molar-refractivity contribution in [3.8, 4) is 5.75 Å². The zero-order chi connectivity index (χ0) is 18.6. The molecule has 1 amide bonds. The number of aryl methyl sites for hydroxylation is 1. The number of nitrogens with one attached hydrogen (secondary N) is 1. The molecule has 25 heavy (non-hydrogen) atoms. The van der Waals surface area contributed by atoms with Crippen LogP contribution in [0.1, 0.15) is 43.9 Å². The first-order valence-corrected chi connectivity index (χ1v) is 8.34. The number of phenols is 1. The molecule has 0 atom stereocenters. The van der Waals surface area contributed by atoms with Crippen LogP contribution in [0.5, 0.6) is 5.75 Å². The number of nitrogens with two attached hydrogens (primary N) is 1. The van der Waals surface area contributed by atoms with Gasteiger partial charge in [-0.05, 0) is 62.1 Å². The predicted octanol–water partition coefficient (Wildman–Crippen LogP) is 3.99. The highest BCUT2D eigenvalue weighted by Gasteiger charge is 2.23. The number of anilines is 1. The van der Waals surface area contributed by atoms with Gasteiger partial charge in [-0.2, -0.15) is 0 Å². The van der Waals surface area contributed by atoms with Crippen LogP contribution in [0.3, 0.4) is 0 Å². The van der Waals surface area contributed by atoms with Gasteiger partial charge in [0, 0.05) is 6.42 Å². The van der Waals surface area contributed by atoms with Crippen LogP contribution in [-0.4, -0.2) is 11.0 Å². The Labute approximate surface area is 149 Å². The van der Waals surface area contributed by atoms with Crippen LogP contribution < -0.4 is 11.1 Å². The summed E-state index contributed by atoms with van der Waals surface area (Å²) in [5.74, 6) is 0.0316. The van der Waals surface area contributed by atoms with E-state index in [0.717, 1.165) is 22.3 Å². The highest BCUT2D eigenvalue weighted by molar-refractivity contribution is 5.77. The molecule has 0 aliphatic rings. The molecular formula is C21H26N2O2. The van der Waals surface area contributed by atoms with Gasteiger partial charge in [0.1, 0.15) is 5.75 Å². The van der Waals surface area contributed by atoms with Crippen molar-refractivity contribution < 1.29 is 9.90 Å². The normalized spacial score (nSPS) is 11.2. The van der Waals surface area contributed by atoms with Gasteiger partial charge in [0.2, 0.25) is 5.91 Å². The standard InChI is InChI=1S/C21H26N2O2/c1-14(2)16-6-5-7-17(13-16)21(3,4)23-20(25)11-9-15-8-10-19(24)18(22)12-15/h5-8,10,12-13,24H,1,9,11,22H2,2-4H3,(H,23,25). The number of phenolic OH excluding ortho intramolecular Hbond substituents is 1. The molecule has 0 fully saturated rings. The molecule has 0 bridgehead atoms. The van der Waals surface area contributed by atoms with Crippen LogP contribution in [0, 0.1) is 0 Å². The highest BCUT2D eigenvalue weighted by Crippen LogP contribution is 2.24. The molecule has 4 heteroatoms. The summed E-state index contributed by atoms with van der Waals surface area (Å²) in [4.78, 5) is 12.4. The van der Waals surface area contributed by atoms with Gasteiger partial charge in [0.05, 0.1) is 11.2 Å². The minimum absolute atomic E-state index is 0.0302. The topological polar surface area (TPSA) is 75.3 Å². The Bertz CT molecular complexity index is 794. The van der Waals surface area contributed by atoms with Crippen LogP contribution >= 0.6 is 0 Å². The summed E-state index contributed by atoms with van der Waals surface area (Å²) in [7, 11) is 0. The number of benzene rings is 2. The van der Waals surface area contributed by atoms with E-state index in [1.165, 1.54) is 0 Å². The van der Waals surface area contributed by atoms with E-state index in [1.54, 1.807) is 18.2 Å². The van der Waals surface area contributed by atoms with Crippen LogP contribution in [0.15, 0.2) is 49.0 Å². The molecule has 132 valence electrons. The van der Waals surface area contributed by atoms with Crippen LogP contribution in [0.25, 0.3) is 5.57 Å². The first-order chi connectivity index (χ1) is 11.7. The number of nitrogen functional groups attached to an aromatic ring is 1. The van der Waals surface area contributed by atoms with Gasteiger partial charge in [-0.1, -0.05) is 36.4 Å². The van der Waals surface area contributed by atoms with Gasteiger partial charge in [0.25, 0.3) is 0 Å². The summed E-state index contributed by atoms with van der Waals surface area (Å²) in [6.07, 6.45) is 0.923. The van der Waals surface area contributed by atoms with Crippen molar-refractivity contribution in [2.45, 2.75) is 39.2 Å². The van der Waals surface area contributed by atoms with E-state index in [-0.39, 0.29) is 11.7 Å². The third-order valence-corrected chi connectivity index (χ3v) is 4.26. The molecule has 0 aliphatic heterocycles. The summed E-state index contributed by atoms with van der Waals surface area (Å²) in [5.41, 5.74) is 9.56. The number of aromatic hydroxyl groups is 1. The first-order valence-electron chi connectivity index (χ1n) is 8.34. The Balaban J connectivity index is 2.01. The van der Waals surface area contributed by atoms with E-state index in [0.29, 0.717) is 18.5 Å². The molecule has 0 saturated heterocycles. The van der Waals surface area contributed by atoms with Crippen molar-refractivity contribution in [1.29, 1.82) is 0 Å². The fourth-order valence-corrected chi connectivity index (χ4v) is 2.67. The predicted molar refractivity (Wildman–Crippen MR) is 103 cm³/mol. The Kier molecular flexibility index (Phi) is 5.52. The fraction of sp³-hybridized carbons (Fsp3) is 0.286. The summed E-state index contributed by atoms with van der Waals surface area (Å²) in [5, 5.41) is 12.5. The van der Waals surface area contributed by atoms with Gasteiger partial charge in [0.15, 0.2) is 0 Å². The van der Waals surface area contributed by atoms with Gasteiger partial charge in [-0.25, -0.2) is 0 Å². The van der Waals surface area contributed by atoms with E-state index in [9.17, 15) is 9.90 Å². The lowest BCUT2D eigenvalue weighted by molar-refractivity contribution is -0.122. The average Bonchev–Trinajstić information content (AvgIpc) is 2.55. The zero-order valence-corrected chi connectivity index (χ0v) is 15.1. The van der Waals surface area contributed by atoms with E-state index in [2.05, 4.69) is 18.0 Å². The average molecular weight is 338 g/mol. The largest absolute Gasteiger partial charge is 0.506 e. The lowest BCUT2D eigenvalue weighted by atomic mass is 9.91. The molecule has 4 N–H and O–H groups in total. The number of amides is 1. The molecule has 2 aromatic carbocycles. The van der Waals surface area contributed by atoms with Gasteiger partial charge < -0.3 is 16.2 Å². The molecular weight excluding hydrogens is 312 g/mol. The van der Waals surface area contributed by atoms with E-state index in [1.807, 2.05) is 39.0 Å². The number of allylic oxidation sites excluding steroid dienone is 1. The molecule has 0 spiro atoms. The van der Waals surface area contributed by atoms with E-state index in [4.69, 9.17) is 5.73 Å². The SMILES string of the molecule is C=C(C)c1cccc(C(C)(C)NC(=O)CCc2ccc(O)c(N)c2)c1. The zero-order valence-electron chi connectivity index (χ0n) is 15.1. The molecule has 0 aromatic heterocycles. The second kappa shape index (κ2) is 7.43. The second-order valence-electron chi connectivity index (χ2n) is 6.93. The smallest absolute Gasteiger partial charge is 0.221 e. The summed E-state index contributed by atoms with van der Waals surface area (Å²) >= 11 is 0. The fourth-order valence-electron chi connectivity index (χ4n) is 2.67. The molecule has 2 rings (SSSR count). The Hall–Kier alpha value is -2.75. The van der Waals surface area contributed by atoms with Crippen molar-refractivity contribution in [3.05, 3.63) is 65.7 Å². The summed E-state index contributed by atoms with van der Waals surface area (Å²) < 4.78 is 0. The molecule has 4 nitrogen and oxygen atoms in total. The Morgan fingerprint density at radius 2 is 1.96 bits per heavy atom. The molecule has 0 aliphatic carbocycles. The first kappa shape index (κ1) is 18.6. The van der Waals surface area contributed by atoms with Crippen molar-refractivity contribution in [2.75, 3.05) is 5.73 Å². The van der Waals surface area contributed by atoms with Crippen LogP contribution in [0.2, 0.25) is 0 Å². The minimum Gasteiger partial charge on any atom is -0.506 e. The van der Waals surface area contributed by atoms with Crippen molar-refractivity contribution in [1.82, 2.24) is 5.32 Å². The monoisotopic (exact) mass is 338 g/mol. The van der Waals surface area contributed by atoms with Crippen molar-refractivity contribution in [3.63, 3.8) is 0 Å². The summed E-state index contributed by atoms with van der Waals surface area (Å²) in [6, 6.07) is 13.1. The molecule has 0 saturated carbocycles. The number of hydrogen-bond acceptors (Lipinski definition) is 3. The van der Waals surface area contributed by atoms with E-state index >= 15 is 0 Å². The van der Waals surface area contributed by atoms with Crippen LogP contribution in [0.4, 0.5) is 5.69 Å². The number of carbonyl (C=O) groups excluding carboxylic acids is 1. The summed E-state index contributed by atoms with van der Waals surface area (Å²) in [6.45, 7) is 9.91. The minimum atomic E-state index is -0.476. The number of hydrogen-bond donors (Lipinski definition) is 3. The van der Waals surface area contributed by atoms with Gasteiger partial charge >= 0.3 is 0 Å². The number of rotatable bonds is 6. The quantitative estimate of drug-likeness (QED) is 0.550. The van der Waals surface area contributed by atoms with Crippen LogP contribution in [-0.2, 0) is 16.8 Å². The lowest BCUT2D eigenvalue weighted by Gasteiger charge is -2.27. The maximum Gasteiger partial charge on any atom is 0.221 e. The van der Waals surface area contributed by atoms with Gasteiger partial charge in [-0.15, -0.1) is 0 Å². The maximum absolute atomic E-state index is 12.4. The van der Waals surface area contributed by atoms with Crippen molar-refractivity contribution in [2.24, 2.45) is 0 Å². The third kappa shape index (κ3) is 4.86. The van der Waals surface area contributed by atoms with Gasteiger partial charge in [-0.3, -0.25) is 4.79 Å². The highest BCUT2D eigenvalue weighted by atomic mass is 16.3. The lowest BCUT2D eigenvalue weighted by Crippen LogP contribution is -2.41.